The minimum absolute atomic E-state index is 0.0565. The highest BCUT2D eigenvalue weighted by atomic mass is 16.6. The van der Waals surface area contributed by atoms with Crippen molar-refractivity contribution in [3.63, 3.8) is 0 Å². The number of carbonyl (C=O) groups is 2. The van der Waals surface area contributed by atoms with E-state index in [9.17, 15) is 9.59 Å². The summed E-state index contributed by atoms with van der Waals surface area (Å²) in [6, 6.07) is 0. The van der Waals surface area contributed by atoms with Crippen molar-refractivity contribution < 1.29 is 19.1 Å². The van der Waals surface area contributed by atoms with Crippen LogP contribution in [0.4, 0.5) is 0 Å². The van der Waals surface area contributed by atoms with Crippen molar-refractivity contribution in [3.8, 4) is 0 Å². The monoisotopic (exact) mass is 270 g/mol. The van der Waals surface area contributed by atoms with Crippen molar-refractivity contribution in [2.75, 3.05) is 6.61 Å². The summed E-state index contributed by atoms with van der Waals surface area (Å²) in [4.78, 5) is 23.6. The first-order valence-corrected chi connectivity index (χ1v) is 6.65. The van der Waals surface area contributed by atoms with Crippen LogP contribution in [-0.4, -0.2) is 24.1 Å². The summed E-state index contributed by atoms with van der Waals surface area (Å²) >= 11 is 0. The zero-order chi connectivity index (χ0) is 15.1. The van der Waals surface area contributed by atoms with E-state index in [0.29, 0.717) is 12.3 Å². The largest absolute Gasteiger partial charge is 0.461 e. The number of hydrogen-bond acceptors (Lipinski definition) is 4. The lowest BCUT2D eigenvalue weighted by Gasteiger charge is -2.24. The van der Waals surface area contributed by atoms with E-state index in [-0.39, 0.29) is 19.0 Å². The van der Waals surface area contributed by atoms with Gasteiger partial charge < -0.3 is 9.47 Å². The first-order chi connectivity index (χ1) is 8.65. The first kappa shape index (κ1) is 17.7. The van der Waals surface area contributed by atoms with Gasteiger partial charge in [0.2, 0.25) is 0 Å². The van der Waals surface area contributed by atoms with Gasteiger partial charge in [-0.1, -0.05) is 26.5 Å². The Kier molecular flexibility index (Phi) is 7.42. The summed E-state index contributed by atoms with van der Waals surface area (Å²) in [6.07, 6.45) is 2.17. The summed E-state index contributed by atoms with van der Waals surface area (Å²) in [5.41, 5.74) is -0.544. The van der Waals surface area contributed by atoms with Gasteiger partial charge in [0.05, 0.1) is 12.3 Å². The van der Waals surface area contributed by atoms with Crippen LogP contribution in [0, 0.1) is 11.8 Å². The smallest absolute Gasteiger partial charge is 0.310 e. The average Bonchev–Trinajstić information content (AvgIpc) is 2.22. The summed E-state index contributed by atoms with van der Waals surface area (Å²) in [7, 11) is 0. The Labute approximate surface area is 116 Å². The van der Waals surface area contributed by atoms with Crippen LogP contribution < -0.4 is 0 Å². The van der Waals surface area contributed by atoms with E-state index < -0.39 is 17.5 Å². The van der Waals surface area contributed by atoms with E-state index in [1.807, 2.05) is 34.6 Å². The van der Waals surface area contributed by atoms with Crippen molar-refractivity contribution >= 4 is 11.9 Å². The molecule has 0 aromatic rings. The quantitative estimate of drug-likeness (QED) is 0.527. The number of rotatable bonds is 7. The van der Waals surface area contributed by atoms with Crippen LogP contribution in [0.15, 0.2) is 12.7 Å². The van der Waals surface area contributed by atoms with E-state index in [1.54, 1.807) is 0 Å². The predicted molar refractivity (Wildman–Crippen MR) is 74.6 cm³/mol. The molecule has 0 spiro atoms. The summed E-state index contributed by atoms with van der Waals surface area (Å²) in [5, 5.41) is 0. The topological polar surface area (TPSA) is 52.6 Å². The fraction of sp³-hybridized carbons (Fsp3) is 0.733. The number of esters is 2. The molecule has 1 atom stereocenters. The molecule has 0 bridgehead atoms. The summed E-state index contributed by atoms with van der Waals surface area (Å²) < 4.78 is 10.3. The third kappa shape index (κ3) is 9.28. The Hall–Kier alpha value is -1.32. The van der Waals surface area contributed by atoms with Crippen molar-refractivity contribution in [1.82, 2.24) is 0 Å². The van der Waals surface area contributed by atoms with E-state index in [0.717, 1.165) is 0 Å². The Balaban J connectivity index is 4.57. The molecule has 4 heteroatoms. The van der Waals surface area contributed by atoms with Crippen LogP contribution in [0.25, 0.3) is 0 Å². The number of ether oxygens (including phenoxy) is 2. The van der Waals surface area contributed by atoms with Gasteiger partial charge in [-0.05, 0) is 33.1 Å². The number of carbonyl (C=O) groups excluding carboxylic acids is 2. The lowest BCUT2D eigenvalue weighted by molar-refractivity contribution is -0.164. The molecule has 0 aliphatic heterocycles. The van der Waals surface area contributed by atoms with Gasteiger partial charge in [-0.25, -0.2) is 0 Å². The second-order valence-corrected chi connectivity index (χ2v) is 6.04. The minimum atomic E-state index is -0.544. The van der Waals surface area contributed by atoms with Gasteiger partial charge in [0.15, 0.2) is 0 Å². The highest BCUT2D eigenvalue weighted by molar-refractivity contribution is 5.80. The van der Waals surface area contributed by atoms with Gasteiger partial charge in [0, 0.05) is 0 Å². The molecular formula is C15H26O4. The van der Waals surface area contributed by atoms with Crippen LogP contribution in [0.2, 0.25) is 0 Å². The molecule has 1 unspecified atom stereocenters. The van der Waals surface area contributed by atoms with Crippen LogP contribution in [-0.2, 0) is 19.1 Å². The Morgan fingerprint density at radius 2 is 1.84 bits per heavy atom. The third-order valence-electron chi connectivity index (χ3n) is 2.27. The normalized spacial score (nSPS) is 12.9. The van der Waals surface area contributed by atoms with Crippen LogP contribution in [0.5, 0.6) is 0 Å². The van der Waals surface area contributed by atoms with Crippen LogP contribution in [0.3, 0.4) is 0 Å². The molecule has 4 nitrogen and oxygen atoms in total. The molecule has 0 aliphatic rings. The maximum atomic E-state index is 12.1. The lowest BCUT2D eigenvalue weighted by atomic mass is 9.94. The van der Waals surface area contributed by atoms with Gasteiger partial charge in [0.1, 0.15) is 12.2 Å². The van der Waals surface area contributed by atoms with Crippen molar-refractivity contribution in [2.45, 2.75) is 53.1 Å². The van der Waals surface area contributed by atoms with E-state index >= 15 is 0 Å². The molecule has 0 fully saturated rings. The SMILES string of the molecule is C=CCOC(=O)CC(CC(C)C)C(=O)OC(C)(C)C. The molecule has 0 heterocycles. The number of hydrogen-bond donors (Lipinski definition) is 0. The van der Waals surface area contributed by atoms with E-state index in [2.05, 4.69) is 6.58 Å². The third-order valence-corrected chi connectivity index (χ3v) is 2.27. The Morgan fingerprint density at radius 3 is 2.26 bits per heavy atom. The molecule has 0 aliphatic carbocycles. The van der Waals surface area contributed by atoms with Gasteiger partial charge in [-0.3, -0.25) is 9.59 Å². The van der Waals surface area contributed by atoms with Gasteiger partial charge in [-0.2, -0.15) is 0 Å². The van der Waals surface area contributed by atoms with Gasteiger partial charge in [-0.15, -0.1) is 0 Å². The average molecular weight is 270 g/mol. The lowest BCUT2D eigenvalue weighted by Crippen LogP contribution is -2.31. The maximum Gasteiger partial charge on any atom is 0.310 e. The standard InChI is InChI=1S/C15H26O4/c1-7-8-18-13(16)10-12(9-11(2)3)14(17)19-15(4,5)6/h7,11-12H,1,8-10H2,2-6H3. The van der Waals surface area contributed by atoms with E-state index in [4.69, 9.17) is 9.47 Å². The molecule has 0 aromatic heterocycles. The zero-order valence-corrected chi connectivity index (χ0v) is 12.7. The molecule has 0 saturated heterocycles. The molecule has 19 heavy (non-hydrogen) atoms. The molecular weight excluding hydrogens is 244 g/mol. The van der Waals surface area contributed by atoms with Crippen molar-refractivity contribution in [3.05, 3.63) is 12.7 Å². The van der Waals surface area contributed by atoms with Crippen molar-refractivity contribution in [2.24, 2.45) is 11.8 Å². The first-order valence-electron chi connectivity index (χ1n) is 6.65. The fourth-order valence-corrected chi connectivity index (χ4v) is 1.63. The molecule has 0 rings (SSSR count). The second kappa shape index (κ2) is 7.97. The van der Waals surface area contributed by atoms with Gasteiger partial charge >= 0.3 is 11.9 Å². The summed E-state index contributed by atoms with van der Waals surface area (Å²) in [5.74, 6) is -0.866. The molecule has 0 radical (unpaired) electrons. The highest BCUT2D eigenvalue weighted by Gasteiger charge is 2.28. The minimum Gasteiger partial charge on any atom is -0.461 e. The highest BCUT2D eigenvalue weighted by Crippen LogP contribution is 2.21. The molecule has 110 valence electrons. The van der Waals surface area contributed by atoms with Gasteiger partial charge in [0.25, 0.3) is 0 Å². The molecule has 0 aromatic carbocycles. The Bertz CT molecular complexity index is 313. The predicted octanol–water partition coefficient (Wildman–Crippen LogP) is 3.11. The fourth-order valence-electron chi connectivity index (χ4n) is 1.63. The zero-order valence-electron chi connectivity index (χ0n) is 12.7. The van der Waals surface area contributed by atoms with E-state index in [1.165, 1.54) is 6.08 Å². The molecule has 0 saturated carbocycles. The molecule has 0 amide bonds. The second-order valence-electron chi connectivity index (χ2n) is 6.04. The van der Waals surface area contributed by atoms with Crippen molar-refractivity contribution in [1.29, 1.82) is 0 Å². The summed E-state index contributed by atoms with van der Waals surface area (Å²) in [6.45, 7) is 13.1. The van der Waals surface area contributed by atoms with Crippen LogP contribution in [0.1, 0.15) is 47.5 Å². The maximum absolute atomic E-state index is 12.1. The Morgan fingerprint density at radius 1 is 1.26 bits per heavy atom. The van der Waals surface area contributed by atoms with Crippen LogP contribution >= 0.6 is 0 Å². The molecule has 0 N–H and O–H groups in total.